The van der Waals surface area contributed by atoms with Crippen LogP contribution in [0.5, 0.6) is 0 Å². The Morgan fingerprint density at radius 3 is 2.81 bits per heavy atom. The summed E-state index contributed by atoms with van der Waals surface area (Å²) in [5.74, 6) is -1.70. The lowest BCUT2D eigenvalue weighted by Crippen LogP contribution is -1.98. The summed E-state index contributed by atoms with van der Waals surface area (Å²) < 4.78 is 28.9. The molecule has 3 aromatic rings. The monoisotopic (exact) mass is 399 g/mol. The molecular formula is C14H8F2IN3O. The molecule has 0 aliphatic carbocycles. The van der Waals surface area contributed by atoms with E-state index in [1.54, 1.807) is 12.3 Å². The standard InChI is InChI=1S/C14H8F2IN3O/c15-9-1-2-10(18)12(16)11(9)13-8(5-21)7-3-6(17)4-19-14(7)20-13/h1-5H,18H2,(H,19,20). The Bertz CT molecular complexity index is 876. The topological polar surface area (TPSA) is 71.8 Å². The molecule has 0 saturated carbocycles. The Morgan fingerprint density at radius 1 is 1.33 bits per heavy atom. The number of nitrogens with one attached hydrogen (secondary N) is 1. The highest BCUT2D eigenvalue weighted by Crippen LogP contribution is 2.34. The molecule has 0 bridgehead atoms. The number of hydrogen-bond acceptors (Lipinski definition) is 3. The summed E-state index contributed by atoms with van der Waals surface area (Å²) in [6.45, 7) is 0. The predicted molar refractivity (Wildman–Crippen MR) is 84.0 cm³/mol. The van der Waals surface area contributed by atoms with E-state index in [-0.39, 0.29) is 22.5 Å². The van der Waals surface area contributed by atoms with E-state index in [1.807, 2.05) is 22.6 Å². The van der Waals surface area contributed by atoms with E-state index in [0.29, 0.717) is 17.3 Å². The van der Waals surface area contributed by atoms with Crippen molar-refractivity contribution in [3.05, 3.63) is 45.2 Å². The van der Waals surface area contributed by atoms with Gasteiger partial charge in [-0.15, -0.1) is 0 Å². The van der Waals surface area contributed by atoms with Gasteiger partial charge in [0.2, 0.25) is 0 Å². The Kier molecular flexibility index (Phi) is 3.36. The van der Waals surface area contributed by atoms with Crippen LogP contribution in [0.1, 0.15) is 10.4 Å². The van der Waals surface area contributed by atoms with Crippen LogP contribution in [0.2, 0.25) is 0 Å². The van der Waals surface area contributed by atoms with E-state index < -0.39 is 11.6 Å². The lowest BCUT2D eigenvalue weighted by atomic mass is 10.0. The minimum Gasteiger partial charge on any atom is -0.396 e. The number of halogens is 3. The summed E-state index contributed by atoms with van der Waals surface area (Å²) >= 11 is 2.04. The summed E-state index contributed by atoms with van der Waals surface area (Å²) in [6, 6.07) is 3.92. The number of aldehydes is 1. The first-order valence-electron chi connectivity index (χ1n) is 5.89. The van der Waals surface area contributed by atoms with Gasteiger partial charge < -0.3 is 10.7 Å². The van der Waals surface area contributed by atoms with Crippen molar-refractivity contribution in [1.82, 2.24) is 9.97 Å². The lowest BCUT2D eigenvalue weighted by Gasteiger charge is -2.06. The minimum atomic E-state index is -0.903. The highest BCUT2D eigenvalue weighted by atomic mass is 127. The molecule has 1 aromatic carbocycles. The highest BCUT2D eigenvalue weighted by Gasteiger charge is 2.21. The fourth-order valence-electron chi connectivity index (χ4n) is 2.18. The average Bonchev–Trinajstić information content (AvgIpc) is 2.80. The zero-order valence-electron chi connectivity index (χ0n) is 10.5. The maximum Gasteiger partial charge on any atom is 0.158 e. The Labute approximate surface area is 131 Å². The lowest BCUT2D eigenvalue weighted by molar-refractivity contribution is 0.112. The molecular weight excluding hydrogens is 391 g/mol. The van der Waals surface area contributed by atoms with Gasteiger partial charge in [-0.25, -0.2) is 13.8 Å². The number of aromatic nitrogens is 2. The Morgan fingerprint density at radius 2 is 2.10 bits per heavy atom. The summed E-state index contributed by atoms with van der Waals surface area (Å²) in [6.07, 6.45) is 2.14. The number of nitrogens with zero attached hydrogens (tertiary/aromatic N) is 1. The van der Waals surface area contributed by atoms with Crippen molar-refractivity contribution < 1.29 is 13.6 Å². The van der Waals surface area contributed by atoms with Crippen LogP contribution in [-0.2, 0) is 0 Å². The van der Waals surface area contributed by atoms with Gasteiger partial charge in [-0.1, -0.05) is 0 Å². The second-order valence-electron chi connectivity index (χ2n) is 4.41. The first kappa shape index (κ1) is 13.9. The summed E-state index contributed by atoms with van der Waals surface area (Å²) in [5.41, 5.74) is 5.50. The van der Waals surface area contributed by atoms with Crippen molar-refractivity contribution in [2.45, 2.75) is 0 Å². The third kappa shape index (κ3) is 2.17. The van der Waals surface area contributed by atoms with Gasteiger partial charge in [-0.2, -0.15) is 0 Å². The molecule has 3 N–H and O–H groups in total. The first-order chi connectivity index (χ1) is 10.0. The predicted octanol–water partition coefficient (Wildman–Crippen LogP) is 3.51. The number of carbonyl (C=O) groups excluding carboxylic acids is 1. The minimum absolute atomic E-state index is 0.0387. The van der Waals surface area contributed by atoms with E-state index in [2.05, 4.69) is 9.97 Å². The summed E-state index contributed by atoms with van der Waals surface area (Å²) in [7, 11) is 0. The molecule has 0 aliphatic rings. The van der Waals surface area contributed by atoms with Crippen LogP contribution in [0.4, 0.5) is 14.5 Å². The zero-order chi connectivity index (χ0) is 15.1. The van der Waals surface area contributed by atoms with Gasteiger partial charge in [0.05, 0.1) is 16.9 Å². The number of pyridine rings is 1. The van der Waals surface area contributed by atoms with Crippen LogP contribution >= 0.6 is 22.6 Å². The number of carbonyl (C=O) groups is 1. The molecule has 0 fully saturated rings. The van der Waals surface area contributed by atoms with Crippen LogP contribution < -0.4 is 5.73 Å². The fourth-order valence-corrected chi connectivity index (χ4v) is 2.63. The van der Waals surface area contributed by atoms with E-state index in [9.17, 15) is 13.6 Å². The number of nitrogens with two attached hydrogens (primary N) is 1. The average molecular weight is 399 g/mol. The molecule has 3 rings (SSSR count). The van der Waals surface area contributed by atoms with Crippen molar-refractivity contribution in [2.24, 2.45) is 0 Å². The van der Waals surface area contributed by atoms with Crippen molar-refractivity contribution in [3.8, 4) is 11.3 Å². The third-order valence-corrected chi connectivity index (χ3v) is 3.74. The van der Waals surface area contributed by atoms with Crippen LogP contribution in [0.25, 0.3) is 22.3 Å². The molecule has 21 heavy (non-hydrogen) atoms. The summed E-state index contributed by atoms with van der Waals surface area (Å²) in [4.78, 5) is 18.3. The smallest absolute Gasteiger partial charge is 0.158 e. The number of nitrogen functional groups attached to an aromatic ring is 1. The number of aromatic amines is 1. The SMILES string of the molecule is Nc1ccc(F)c(-c2[nH]c3ncc(I)cc3c2C=O)c1F. The highest BCUT2D eigenvalue weighted by molar-refractivity contribution is 14.1. The maximum atomic E-state index is 14.1. The van der Waals surface area contributed by atoms with E-state index in [1.165, 1.54) is 0 Å². The van der Waals surface area contributed by atoms with Crippen LogP contribution in [0.3, 0.4) is 0 Å². The summed E-state index contributed by atoms with van der Waals surface area (Å²) in [5, 5.41) is 0.508. The van der Waals surface area contributed by atoms with Gasteiger partial charge in [0.15, 0.2) is 12.1 Å². The molecule has 0 spiro atoms. The van der Waals surface area contributed by atoms with Gasteiger partial charge in [-0.3, -0.25) is 4.79 Å². The van der Waals surface area contributed by atoms with Crippen LogP contribution in [-0.4, -0.2) is 16.3 Å². The van der Waals surface area contributed by atoms with Crippen molar-refractivity contribution in [1.29, 1.82) is 0 Å². The molecule has 2 aromatic heterocycles. The molecule has 0 saturated heterocycles. The van der Waals surface area contributed by atoms with Crippen molar-refractivity contribution >= 4 is 45.6 Å². The van der Waals surface area contributed by atoms with E-state index in [0.717, 1.165) is 15.7 Å². The fraction of sp³-hybridized carbons (Fsp3) is 0. The quantitative estimate of drug-likeness (QED) is 0.394. The zero-order valence-corrected chi connectivity index (χ0v) is 12.6. The Balaban J connectivity index is 2.41. The van der Waals surface area contributed by atoms with Gasteiger partial charge in [-0.05, 0) is 40.8 Å². The van der Waals surface area contributed by atoms with Gasteiger partial charge in [0.25, 0.3) is 0 Å². The molecule has 2 heterocycles. The molecule has 0 atom stereocenters. The number of anilines is 1. The Hall–Kier alpha value is -2.03. The second kappa shape index (κ2) is 5.06. The molecule has 0 unspecified atom stereocenters. The van der Waals surface area contributed by atoms with Crippen molar-refractivity contribution in [3.63, 3.8) is 0 Å². The number of benzene rings is 1. The number of hydrogen-bond donors (Lipinski definition) is 2. The molecule has 7 heteroatoms. The number of fused-ring (bicyclic) bond motifs is 1. The van der Waals surface area contributed by atoms with Gasteiger partial charge >= 0.3 is 0 Å². The molecule has 0 radical (unpaired) electrons. The molecule has 106 valence electrons. The second-order valence-corrected chi connectivity index (χ2v) is 5.65. The number of rotatable bonds is 2. The normalized spacial score (nSPS) is 11.0. The van der Waals surface area contributed by atoms with Gasteiger partial charge in [0.1, 0.15) is 11.5 Å². The van der Waals surface area contributed by atoms with Crippen LogP contribution in [0, 0.1) is 15.2 Å². The molecule has 4 nitrogen and oxygen atoms in total. The first-order valence-corrected chi connectivity index (χ1v) is 6.97. The molecule has 0 aliphatic heterocycles. The number of H-pyrrole nitrogens is 1. The van der Waals surface area contributed by atoms with Gasteiger partial charge in [0, 0.05) is 20.7 Å². The largest absolute Gasteiger partial charge is 0.396 e. The van der Waals surface area contributed by atoms with E-state index in [4.69, 9.17) is 5.73 Å². The third-order valence-electron chi connectivity index (χ3n) is 3.15. The van der Waals surface area contributed by atoms with Crippen molar-refractivity contribution in [2.75, 3.05) is 5.73 Å². The maximum absolute atomic E-state index is 14.1. The van der Waals surface area contributed by atoms with Crippen LogP contribution in [0.15, 0.2) is 24.4 Å². The molecule has 0 amide bonds. The van der Waals surface area contributed by atoms with E-state index >= 15 is 0 Å².